The van der Waals surface area contributed by atoms with E-state index in [-0.39, 0.29) is 40.3 Å². The smallest absolute Gasteiger partial charge is 0.255 e. The van der Waals surface area contributed by atoms with Gasteiger partial charge in [-0.25, -0.2) is 4.39 Å². The van der Waals surface area contributed by atoms with Crippen molar-refractivity contribution in [1.82, 2.24) is 4.57 Å². The Morgan fingerprint density at radius 2 is 1.77 bits per heavy atom. The van der Waals surface area contributed by atoms with Gasteiger partial charge in [-0.2, -0.15) is 0 Å². The van der Waals surface area contributed by atoms with Crippen LogP contribution in [-0.4, -0.2) is 36.1 Å². The summed E-state index contributed by atoms with van der Waals surface area (Å²) in [7, 11) is 0. The van der Waals surface area contributed by atoms with Gasteiger partial charge in [0.25, 0.3) is 11.5 Å². The van der Waals surface area contributed by atoms with Crippen molar-refractivity contribution in [3.05, 3.63) is 117 Å². The van der Waals surface area contributed by atoms with E-state index in [1.54, 1.807) is 54.6 Å². The zero-order valence-electron chi connectivity index (χ0n) is 24.2. The molecule has 0 aliphatic carbocycles. The molecule has 4 aromatic rings. The Balaban J connectivity index is 1.29. The second-order valence-corrected chi connectivity index (χ2v) is 11.6. The number of hydrogen-bond acceptors (Lipinski definition) is 5. The number of benzene rings is 3. The average Bonchev–Trinajstić information content (AvgIpc) is 3.00. The molecule has 2 bridgehead atoms. The molecular weight excluding hydrogens is 583 g/mol. The number of rotatable bonds is 8. The van der Waals surface area contributed by atoms with E-state index in [2.05, 4.69) is 15.5 Å². The molecule has 8 nitrogen and oxygen atoms in total. The van der Waals surface area contributed by atoms with Gasteiger partial charge in [0.1, 0.15) is 11.6 Å². The molecule has 1 fully saturated rings. The second-order valence-electron chi connectivity index (χ2n) is 11.2. The van der Waals surface area contributed by atoms with E-state index in [1.165, 1.54) is 12.1 Å². The first kappa shape index (κ1) is 29.4. The fourth-order valence-electron chi connectivity index (χ4n) is 6.21. The third kappa shape index (κ3) is 6.19. The number of piperidine rings is 1. The van der Waals surface area contributed by atoms with E-state index < -0.39 is 11.7 Å². The van der Waals surface area contributed by atoms with Gasteiger partial charge in [-0.3, -0.25) is 14.4 Å². The zero-order valence-corrected chi connectivity index (χ0v) is 24.9. The first-order valence-electron chi connectivity index (χ1n) is 14.6. The van der Waals surface area contributed by atoms with Crippen molar-refractivity contribution in [1.29, 1.82) is 0 Å². The minimum Gasteiger partial charge on any atom is -0.494 e. The van der Waals surface area contributed by atoms with Gasteiger partial charge in [0.15, 0.2) is 0 Å². The summed E-state index contributed by atoms with van der Waals surface area (Å²) in [4.78, 5) is 41.3. The Hall–Kier alpha value is -4.63. The van der Waals surface area contributed by atoms with Crippen LogP contribution in [0.25, 0.3) is 0 Å². The summed E-state index contributed by atoms with van der Waals surface area (Å²) in [5.41, 5.74) is 3.24. The maximum Gasteiger partial charge on any atom is 0.255 e. The lowest BCUT2D eigenvalue weighted by atomic mass is 9.83. The van der Waals surface area contributed by atoms with Crippen molar-refractivity contribution < 1.29 is 18.7 Å². The average molecular weight is 615 g/mol. The van der Waals surface area contributed by atoms with Gasteiger partial charge >= 0.3 is 0 Å². The van der Waals surface area contributed by atoms with Crippen molar-refractivity contribution >= 4 is 40.5 Å². The molecule has 0 unspecified atom stereocenters. The Bertz CT molecular complexity index is 1750. The molecule has 2 aliphatic rings. The van der Waals surface area contributed by atoms with Crippen molar-refractivity contribution in [3.63, 3.8) is 0 Å². The van der Waals surface area contributed by atoms with E-state index in [9.17, 15) is 18.8 Å². The van der Waals surface area contributed by atoms with Gasteiger partial charge in [0.05, 0.1) is 24.4 Å². The highest BCUT2D eigenvalue weighted by Crippen LogP contribution is 2.39. The summed E-state index contributed by atoms with van der Waals surface area (Å²) in [6.45, 7) is 4.38. The molecule has 3 aromatic carbocycles. The van der Waals surface area contributed by atoms with E-state index in [0.29, 0.717) is 48.9 Å². The lowest BCUT2D eigenvalue weighted by Gasteiger charge is -2.44. The van der Waals surface area contributed by atoms with Crippen molar-refractivity contribution in [2.45, 2.75) is 32.2 Å². The SMILES string of the molecule is CCOc1ccc(NC(=O)c2ccc(N3C[C@@H]4C[C@@H](C3)c3cccc(=O)n3C4)c(NC(=O)Cc3c(F)cccc3Cl)c2)cc1. The molecule has 0 radical (unpaired) electrons. The number of anilines is 3. The molecule has 2 atom stereocenters. The topological polar surface area (TPSA) is 92.7 Å². The van der Waals surface area contributed by atoms with Crippen LogP contribution in [0, 0.1) is 11.7 Å². The fourth-order valence-corrected chi connectivity index (χ4v) is 6.44. The molecule has 1 saturated heterocycles. The van der Waals surface area contributed by atoms with Crippen LogP contribution in [0.5, 0.6) is 5.75 Å². The standard InChI is InChI=1S/C34H32ClFN4O4/c1-2-44-25-12-10-24(11-13-25)37-34(43)22-9-14-31(29(16-22)38-32(41)17-26-27(35)5-3-6-28(26)36)39-18-21-15-23(20-39)30-7-4-8-33(42)40(30)19-21/h3-14,16,21,23H,2,15,17-20H2,1H3,(H,37,43)(H,38,41)/t21-,23-/m0/s1. The van der Waals surface area contributed by atoms with Crippen LogP contribution < -0.4 is 25.8 Å². The van der Waals surface area contributed by atoms with E-state index in [0.717, 1.165) is 17.8 Å². The lowest BCUT2D eigenvalue weighted by Crippen LogP contribution is -2.47. The molecule has 44 heavy (non-hydrogen) atoms. The second kappa shape index (κ2) is 12.5. The van der Waals surface area contributed by atoms with E-state index in [1.807, 2.05) is 23.6 Å². The largest absolute Gasteiger partial charge is 0.494 e. The van der Waals surface area contributed by atoms with Gasteiger partial charge < -0.3 is 24.8 Å². The van der Waals surface area contributed by atoms with Crippen molar-refractivity contribution in [2.24, 2.45) is 5.92 Å². The summed E-state index contributed by atoms with van der Waals surface area (Å²) < 4.78 is 21.8. The first-order valence-corrected chi connectivity index (χ1v) is 15.0. The summed E-state index contributed by atoms with van der Waals surface area (Å²) in [5.74, 6) is -0.291. The van der Waals surface area contributed by atoms with Crippen molar-refractivity contribution in [3.8, 4) is 5.75 Å². The minimum absolute atomic E-state index is 0.00769. The number of aromatic nitrogens is 1. The maximum atomic E-state index is 14.5. The Kier molecular flexibility index (Phi) is 8.39. The molecule has 226 valence electrons. The minimum atomic E-state index is -0.561. The quantitative estimate of drug-likeness (QED) is 0.250. The van der Waals surface area contributed by atoms with Gasteiger partial charge in [-0.15, -0.1) is 0 Å². The summed E-state index contributed by atoms with van der Waals surface area (Å²) >= 11 is 6.19. The third-order valence-corrected chi connectivity index (χ3v) is 8.53. The Labute approximate surface area is 259 Å². The number of pyridine rings is 1. The Morgan fingerprint density at radius 3 is 2.55 bits per heavy atom. The summed E-state index contributed by atoms with van der Waals surface area (Å²) in [6.07, 6.45) is 0.700. The molecular formula is C34H32ClFN4O4. The third-order valence-electron chi connectivity index (χ3n) is 8.18. The number of carbonyl (C=O) groups is 2. The van der Waals surface area contributed by atoms with Gasteiger partial charge in [-0.1, -0.05) is 23.7 Å². The highest BCUT2D eigenvalue weighted by Gasteiger charge is 2.35. The number of amides is 2. The number of ether oxygens (including phenoxy) is 1. The normalized spacial score (nSPS) is 17.0. The number of nitrogens with one attached hydrogen (secondary N) is 2. The fraction of sp³-hybridized carbons (Fsp3) is 0.265. The van der Waals surface area contributed by atoms with E-state index in [4.69, 9.17) is 16.3 Å². The molecule has 6 rings (SSSR count). The molecule has 10 heteroatoms. The van der Waals surface area contributed by atoms with Crippen LogP contribution >= 0.6 is 11.6 Å². The van der Waals surface area contributed by atoms with Crippen LogP contribution in [0.1, 0.15) is 40.9 Å². The number of carbonyl (C=O) groups excluding carboxylic acids is 2. The molecule has 0 spiro atoms. The van der Waals surface area contributed by atoms with Crippen LogP contribution in [-0.2, 0) is 17.8 Å². The number of fused-ring (bicyclic) bond motifs is 4. The summed E-state index contributed by atoms with van der Waals surface area (Å²) in [5, 5.41) is 5.99. The van der Waals surface area contributed by atoms with Crippen LogP contribution in [0.4, 0.5) is 21.5 Å². The highest BCUT2D eigenvalue weighted by atomic mass is 35.5. The number of hydrogen-bond donors (Lipinski definition) is 2. The highest BCUT2D eigenvalue weighted by molar-refractivity contribution is 6.31. The first-order chi connectivity index (χ1) is 21.3. The predicted molar refractivity (Wildman–Crippen MR) is 170 cm³/mol. The van der Waals surface area contributed by atoms with Gasteiger partial charge in [0.2, 0.25) is 5.91 Å². The van der Waals surface area contributed by atoms with Crippen molar-refractivity contribution in [2.75, 3.05) is 35.2 Å². The monoisotopic (exact) mass is 614 g/mol. The van der Waals surface area contributed by atoms with Gasteiger partial charge in [-0.05, 0) is 79.9 Å². The summed E-state index contributed by atoms with van der Waals surface area (Å²) in [6, 6.07) is 22.0. The maximum absolute atomic E-state index is 14.5. The lowest BCUT2D eigenvalue weighted by molar-refractivity contribution is -0.115. The van der Waals surface area contributed by atoms with Gasteiger partial charge in [0, 0.05) is 59.1 Å². The molecule has 1 aromatic heterocycles. The molecule has 2 aliphatic heterocycles. The predicted octanol–water partition coefficient (Wildman–Crippen LogP) is 6.10. The number of nitrogens with zero attached hydrogens (tertiary/aromatic N) is 2. The molecule has 0 saturated carbocycles. The Morgan fingerprint density at radius 1 is 0.977 bits per heavy atom. The van der Waals surface area contributed by atoms with Crippen LogP contribution in [0.3, 0.4) is 0 Å². The van der Waals surface area contributed by atoms with Crippen LogP contribution in [0.15, 0.2) is 83.7 Å². The molecule has 2 amide bonds. The molecule has 3 heterocycles. The van der Waals surface area contributed by atoms with Crippen LogP contribution in [0.2, 0.25) is 5.02 Å². The van der Waals surface area contributed by atoms with E-state index >= 15 is 0 Å². The zero-order chi connectivity index (χ0) is 30.8. The number of halogens is 2. The molecule has 2 N–H and O–H groups in total.